The van der Waals surface area contributed by atoms with Gasteiger partial charge in [-0.05, 0) is 32.8 Å². The minimum atomic E-state index is -0.425. The van der Waals surface area contributed by atoms with E-state index < -0.39 is 11.6 Å². The number of fused-ring (bicyclic) bond motifs is 1. The van der Waals surface area contributed by atoms with Crippen LogP contribution in [0.3, 0.4) is 0 Å². The summed E-state index contributed by atoms with van der Waals surface area (Å²) >= 11 is 6.21. The maximum Gasteiger partial charge on any atom is 0.342 e. The first-order valence-electron chi connectivity index (χ1n) is 8.65. The van der Waals surface area contributed by atoms with Crippen LogP contribution in [0.5, 0.6) is 5.75 Å². The molecule has 3 rings (SSSR count). The van der Waals surface area contributed by atoms with E-state index in [2.05, 4.69) is 4.90 Å². The lowest BCUT2D eigenvalue weighted by atomic mass is 9.98. The third-order valence-electron chi connectivity index (χ3n) is 4.80. The molecule has 0 radical (unpaired) electrons. The van der Waals surface area contributed by atoms with E-state index in [1.165, 1.54) is 0 Å². The molecule has 1 aromatic carbocycles. The van der Waals surface area contributed by atoms with Crippen LogP contribution in [0.4, 0.5) is 5.69 Å². The standard InChI is InChI=1S/C18H25ClN2O4/c1-18(2)10-13-15(20)14(19)9-12(16(13)25-18)17(23)24-11-3-5-21(6-4-11)7-8-22/h9,11,22H,3-8,10,20H2,1-2H3. The molecule has 0 aliphatic carbocycles. The van der Waals surface area contributed by atoms with E-state index in [9.17, 15) is 4.79 Å². The van der Waals surface area contributed by atoms with Gasteiger partial charge in [0.15, 0.2) is 0 Å². The zero-order valence-corrected chi connectivity index (χ0v) is 15.4. The van der Waals surface area contributed by atoms with E-state index >= 15 is 0 Å². The molecule has 0 amide bonds. The number of nitrogens with zero attached hydrogens (tertiary/aromatic N) is 1. The Hall–Kier alpha value is -1.50. The second-order valence-electron chi connectivity index (χ2n) is 7.34. The van der Waals surface area contributed by atoms with E-state index in [4.69, 9.17) is 31.9 Å². The summed E-state index contributed by atoms with van der Waals surface area (Å²) in [6.45, 7) is 6.32. The average molecular weight is 369 g/mol. The molecule has 0 saturated carbocycles. The lowest BCUT2D eigenvalue weighted by Crippen LogP contribution is -2.39. The molecule has 0 aromatic heterocycles. The minimum absolute atomic E-state index is 0.135. The number of hydrogen-bond donors (Lipinski definition) is 2. The van der Waals surface area contributed by atoms with Crippen molar-refractivity contribution in [3.63, 3.8) is 0 Å². The van der Waals surface area contributed by atoms with Gasteiger partial charge in [-0.25, -0.2) is 4.79 Å². The lowest BCUT2D eigenvalue weighted by molar-refractivity contribution is 0.00911. The van der Waals surface area contributed by atoms with Crippen molar-refractivity contribution in [1.82, 2.24) is 4.90 Å². The van der Waals surface area contributed by atoms with Gasteiger partial charge in [0.2, 0.25) is 0 Å². The fourth-order valence-corrected chi connectivity index (χ4v) is 3.71. The fraction of sp³-hybridized carbons (Fsp3) is 0.611. The minimum Gasteiger partial charge on any atom is -0.486 e. The van der Waals surface area contributed by atoms with Crippen molar-refractivity contribution in [2.45, 2.75) is 44.8 Å². The van der Waals surface area contributed by atoms with Crippen molar-refractivity contribution in [2.24, 2.45) is 0 Å². The van der Waals surface area contributed by atoms with Gasteiger partial charge in [0, 0.05) is 31.6 Å². The summed E-state index contributed by atoms with van der Waals surface area (Å²) in [5.74, 6) is 0.0751. The third kappa shape index (κ3) is 3.86. The predicted octanol–water partition coefficient (Wildman–Crippen LogP) is 2.25. The van der Waals surface area contributed by atoms with E-state index in [1.807, 2.05) is 13.8 Å². The normalized spacial score (nSPS) is 20.2. The quantitative estimate of drug-likeness (QED) is 0.626. The Balaban J connectivity index is 1.74. The molecular weight excluding hydrogens is 344 g/mol. The average Bonchev–Trinajstić information content (AvgIpc) is 2.88. The molecule has 2 aliphatic heterocycles. The van der Waals surface area contributed by atoms with Crippen LogP contribution in [0, 0.1) is 0 Å². The summed E-state index contributed by atoms with van der Waals surface area (Å²) in [6, 6.07) is 1.54. The number of β-amino-alcohol motifs (C(OH)–C–C–N with tert-alkyl or cyclic N) is 1. The van der Waals surface area contributed by atoms with Gasteiger partial charge < -0.3 is 25.2 Å². The number of ether oxygens (including phenoxy) is 2. The summed E-state index contributed by atoms with van der Waals surface area (Å²) in [4.78, 5) is 14.9. The number of hydrogen-bond acceptors (Lipinski definition) is 6. The number of carbonyl (C=O) groups excluding carboxylic acids is 1. The van der Waals surface area contributed by atoms with E-state index in [1.54, 1.807) is 6.07 Å². The molecule has 3 N–H and O–H groups in total. The molecule has 25 heavy (non-hydrogen) atoms. The number of rotatable bonds is 4. The van der Waals surface area contributed by atoms with Gasteiger partial charge in [0.1, 0.15) is 23.0 Å². The Kier molecular flexibility index (Phi) is 5.14. The van der Waals surface area contributed by atoms with Crippen LogP contribution >= 0.6 is 11.6 Å². The maximum absolute atomic E-state index is 12.7. The number of piperidine rings is 1. The molecule has 1 fully saturated rings. The van der Waals surface area contributed by atoms with Crippen molar-refractivity contribution in [1.29, 1.82) is 0 Å². The highest BCUT2D eigenvalue weighted by atomic mass is 35.5. The number of halogens is 1. The molecule has 1 saturated heterocycles. The topological polar surface area (TPSA) is 85.0 Å². The summed E-state index contributed by atoms with van der Waals surface area (Å²) in [7, 11) is 0. The van der Waals surface area contributed by atoms with E-state index in [0.717, 1.165) is 31.5 Å². The molecule has 0 spiro atoms. The van der Waals surface area contributed by atoms with Crippen LogP contribution in [-0.4, -0.2) is 53.9 Å². The largest absolute Gasteiger partial charge is 0.486 e. The smallest absolute Gasteiger partial charge is 0.342 e. The number of carbonyl (C=O) groups is 1. The zero-order chi connectivity index (χ0) is 18.2. The molecule has 2 heterocycles. The Bertz CT molecular complexity index is 670. The number of esters is 1. The Morgan fingerprint density at radius 1 is 1.48 bits per heavy atom. The van der Waals surface area contributed by atoms with Crippen LogP contribution < -0.4 is 10.5 Å². The first-order chi connectivity index (χ1) is 11.8. The SMILES string of the molecule is CC1(C)Cc2c(N)c(Cl)cc(C(=O)OC3CCN(CCO)CC3)c2O1. The lowest BCUT2D eigenvalue weighted by Gasteiger charge is -2.31. The first-order valence-corrected chi connectivity index (χ1v) is 9.02. The van der Waals surface area contributed by atoms with Gasteiger partial charge in [-0.15, -0.1) is 0 Å². The van der Waals surface area contributed by atoms with Gasteiger partial charge in [-0.2, -0.15) is 0 Å². The van der Waals surface area contributed by atoms with Gasteiger partial charge in [0.05, 0.1) is 17.3 Å². The van der Waals surface area contributed by atoms with Crippen LogP contribution in [0.25, 0.3) is 0 Å². The van der Waals surface area contributed by atoms with Crippen LogP contribution in [0.2, 0.25) is 5.02 Å². The van der Waals surface area contributed by atoms with Crippen molar-refractivity contribution < 1.29 is 19.4 Å². The number of likely N-dealkylation sites (tertiary alicyclic amines) is 1. The second-order valence-corrected chi connectivity index (χ2v) is 7.74. The van der Waals surface area contributed by atoms with E-state index in [0.29, 0.717) is 35.0 Å². The predicted molar refractivity (Wildman–Crippen MR) is 96.2 cm³/mol. The second kappa shape index (κ2) is 7.02. The highest BCUT2D eigenvalue weighted by Gasteiger charge is 2.37. The van der Waals surface area contributed by atoms with Gasteiger partial charge in [0.25, 0.3) is 0 Å². The molecule has 0 atom stereocenters. The number of nitrogen functional groups attached to an aromatic ring is 1. The zero-order valence-electron chi connectivity index (χ0n) is 14.7. The van der Waals surface area contributed by atoms with Crippen LogP contribution in [-0.2, 0) is 11.2 Å². The van der Waals surface area contributed by atoms with Crippen molar-refractivity contribution >= 4 is 23.3 Å². The molecule has 2 aliphatic rings. The highest BCUT2D eigenvalue weighted by Crippen LogP contribution is 2.44. The highest BCUT2D eigenvalue weighted by molar-refractivity contribution is 6.33. The summed E-state index contributed by atoms with van der Waals surface area (Å²) in [5.41, 5.74) is 7.23. The summed E-state index contributed by atoms with van der Waals surface area (Å²) in [6.07, 6.45) is 1.98. The Labute approximate surface area is 152 Å². The monoisotopic (exact) mass is 368 g/mol. The summed E-state index contributed by atoms with van der Waals surface area (Å²) in [5, 5.41) is 9.35. The van der Waals surface area contributed by atoms with Crippen LogP contribution in [0.15, 0.2) is 6.07 Å². The molecule has 6 nitrogen and oxygen atoms in total. The Morgan fingerprint density at radius 2 is 2.16 bits per heavy atom. The number of benzene rings is 1. The number of nitrogens with two attached hydrogens (primary N) is 1. The molecular formula is C18H25ClN2O4. The van der Waals surface area contributed by atoms with Gasteiger partial charge in [-0.3, -0.25) is 0 Å². The number of aliphatic hydroxyl groups is 1. The van der Waals surface area contributed by atoms with Crippen molar-refractivity contribution in [2.75, 3.05) is 32.0 Å². The maximum atomic E-state index is 12.7. The van der Waals surface area contributed by atoms with E-state index in [-0.39, 0.29) is 12.7 Å². The molecule has 0 bridgehead atoms. The fourth-order valence-electron chi connectivity index (χ4n) is 3.49. The molecule has 7 heteroatoms. The molecule has 138 valence electrons. The van der Waals surface area contributed by atoms with Crippen LogP contribution in [0.1, 0.15) is 42.6 Å². The summed E-state index contributed by atoms with van der Waals surface area (Å²) < 4.78 is 11.6. The van der Waals surface area contributed by atoms with Crippen molar-refractivity contribution in [3.05, 3.63) is 22.2 Å². The van der Waals surface area contributed by atoms with Gasteiger partial charge >= 0.3 is 5.97 Å². The first kappa shape index (κ1) is 18.3. The third-order valence-corrected chi connectivity index (χ3v) is 5.11. The molecule has 0 unspecified atom stereocenters. The van der Waals surface area contributed by atoms with Crippen molar-refractivity contribution in [3.8, 4) is 5.75 Å². The Morgan fingerprint density at radius 3 is 2.80 bits per heavy atom. The van der Waals surface area contributed by atoms with Gasteiger partial charge in [-0.1, -0.05) is 11.6 Å². The number of anilines is 1. The number of aliphatic hydroxyl groups excluding tert-OH is 1. The molecule has 1 aromatic rings.